The Morgan fingerprint density at radius 2 is 1.47 bits per heavy atom. The Kier molecular flexibility index (Phi) is 9.19. The van der Waals surface area contributed by atoms with E-state index in [4.69, 9.17) is 0 Å². The number of nitrogens with one attached hydrogen (secondary N) is 1. The van der Waals surface area contributed by atoms with E-state index >= 15 is 0 Å². The van der Waals surface area contributed by atoms with Gasteiger partial charge in [0.15, 0.2) is 0 Å². The van der Waals surface area contributed by atoms with Gasteiger partial charge >= 0.3 is 0 Å². The molecule has 2 heterocycles. The molecule has 5 heteroatoms. The summed E-state index contributed by atoms with van der Waals surface area (Å²) in [7, 11) is 0. The van der Waals surface area contributed by atoms with Crippen LogP contribution in [0.25, 0.3) is 0 Å². The normalized spacial score (nSPS) is 20.2. The highest BCUT2D eigenvalue weighted by molar-refractivity contribution is 6.00. The molecule has 5 nitrogen and oxygen atoms in total. The summed E-state index contributed by atoms with van der Waals surface area (Å²) >= 11 is 0. The third kappa shape index (κ3) is 6.56. The summed E-state index contributed by atoms with van der Waals surface area (Å²) in [5.74, 6) is 0.477. The molecule has 0 unspecified atom stereocenters. The molecule has 36 heavy (non-hydrogen) atoms. The fourth-order valence-corrected chi connectivity index (χ4v) is 5.81. The third-order valence-corrected chi connectivity index (χ3v) is 7.92. The van der Waals surface area contributed by atoms with Gasteiger partial charge in [-0.1, -0.05) is 87.4 Å². The van der Waals surface area contributed by atoms with Crippen LogP contribution in [0.1, 0.15) is 69.9 Å². The van der Waals surface area contributed by atoms with E-state index < -0.39 is 11.6 Å². The van der Waals surface area contributed by atoms with E-state index in [0.717, 1.165) is 31.6 Å². The quantitative estimate of drug-likeness (QED) is 0.442. The first-order valence-electron chi connectivity index (χ1n) is 13.9. The van der Waals surface area contributed by atoms with E-state index in [0.29, 0.717) is 31.7 Å². The number of aryl methyl sites for hydroxylation is 1. The lowest BCUT2D eigenvalue weighted by molar-refractivity contribution is -0.162. The van der Waals surface area contributed by atoms with Crippen molar-refractivity contribution in [3.63, 3.8) is 0 Å². The monoisotopic (exact) mass is 489 g/mol. The van der Waals surface area contributed by atoms with Crippen LogP contribution in [0.3, 0.4) is 0 Å². The number of benzene rings is 2. The van der Waals surface area contributed by atoms with Crippen LogP contribution in [-0.4, -0.2) is 52.8 Å². The third-order valence-electron chi connectivity index (χ3n) is 7.92. The van der Waals surface area contributed by atoms with Crippen molar-refractivity contribution >= 4 is 11.8 Å². The van der Waals surface area contributed by atoms with Gasteiger partial charge < -0.3 is 15.1 Å². The van der Waals surface area contributed by atoms with E-state index in [1.165, 1.54) is 31.2 Å². The van der Waals surface area contributed by atoms with Crippen molar-refractivity contribution in [3.05, 3.63) is 71.8 Å². The number of hydrogen-bond donors (Lipinski definition) is 1. The number of hydrogen-bond acceptors (Lipinski definition) is 3. The number of amides is 2. The van der Waals surface area contributed by atoms with Gasteiger partial charge in [-0.2, -0.15) is 0 Å². The molecule has 1 spiro atoms. The maximum Gasteiger partial charge on any atom is 0.246 e. The Balaban J connectivity index is 1.31. The highest BCUT2D eigenvalue weighted by Gasteiger charge is 2.53. The Labute approximate surface area is 217 Å². The Hall–Kier alpha value is -2.66. The van der Waals surface area contributed by atoms with Crippen LogP contribution in [0.5, 0.6) is 0 Å². The molecule has 194 valence electrons. The van der Waals surface area contributed by atoms with Gasteiger partial charge in [0, 0.05) is 19.6 Å². The Bertz CT molecular complexity index is 968. The molecule has 1 atom stereocenters. The molecule has 4 rings (SSSR count). The first kappa shape index (κ1) is 26.4. The van der Waals surface area contributed by atoms with Crippen molar-refractivity contribution in [3.8, 4) is 0 Å². The fourth-order valence-electron chi connectivity index (χ4n) is 5.81. The van der Waals surface area contributed by atoms with Gasteiger partial charge in [-0.05, 0) is 62.1 Å². The Morgan fingerprint density at radius 3 is 2.11 bits per heavy atom. The maximum atomic E-state index is 13.6. The minimum absolute atomic E-state index is 0.0456. The summed E-state index contributed by atoms with van der Waals surface area (Å²) in [6, 6.07) is 20.4. The zero-order valence-electron chi connectivity index (χ0n) is 22.1. The molecule has 0 aliphatic carbocycles. The molecule has 2 aliphatic heterocycles. The molecule has 0 bridgehead atoms. The fraction of sp³-hybridized carbons (Fsp3) is 0.548. The van der Waals surface area contributed by atoms with Crippen LogP contribution in [0.2, 0.25) is 0 Å². The van der Waals surface area contributed by atoms with Gasteiger partial charge in [-0.3, -0.25) is 9.59 Å². The molecule has 0 saturated carbocycles. The SMILES string of the molecule is CC(C)C[C@@H]1NC(=O)C2(CCN(CCCCCCc3ccccc3)CC2)N(Cc2ccccc2)C1=O. The molecule has 1 N–H and O–H groups in total. The number of rotatable bonds is 11. The average Bonchev–Trinajstić information content (AvgIpc) is 2.89. The van der Waals surface area contributed by atoms with Crippen LogP contribution < -0.4 is 5.32 Å². The first-order valence-corrected chi connectivity index (χ1v) is 13.9. The number of carbonyl (C=O) groups is 2. The number of carbonyl (C=O) groups excluding carboxylic acids is 2. The molecule has 2 fully saturated rings. The largest absolute Gasteiger partial charge is 0.342 e. The predicted octanol–water partition coefficient (Wildman–Crippen LogP) is 5.20. The minimum atomic E-state index is -0.730. The average molecular weight is 490 g/mol. The second-order valence-corrected chi connectivity index (χ2v) is 11.1. The number of unbranched alkanes of at least 4 members (excludes halogenated alkanes) is 3. The van der Waals surface area contributed by atoms with Crippen LogP contribution in [0.15, 0.2) is 60.7 Å². The standard InChI is InChI=1S/C31H43N3O2/c1-25(2)23-28-29(35)34(24-27-16-10-6-11-17-27)31(30(36)32-28)18-21-33(22-19-31)20-12-4-3-7-13-26-14-8-5-9-15-26/h5-6,8-11,14-17,25,28H,3-4,7,12-13,18-24H2,1-2H3,(H,32,36)/t28-/m0/s1. The molecule has 0 aromatic heterocycles. The van der Waals surface area contributed by atoms with Crippen LogP contribution in [0.4, 0.5) is 0 Å². The molecular formula is C31H43N3O2. The second-order valence-electron chi connectivity index (χ2n) is 11.1. The minimum Gasteiger partial charge on any atom is -0.342 e. The van der Waals surface area contributed by atoms with E-state index in [1.54, 1.807) is 0 Å². The summed E-state index contributed by atoms with van der Waals surface area (Å²) in [6.07, 6.45) is 8.18. The summed E-state index contributed by atoms with van der Waals surface area (Å²) in [5.41, 5.74) is 1.78. The lowest BCUT2D eigenvalue weighted by atomic mass is 9.80. The van der Waals surface area contributed by atoms with Crippen LogP contribution >= 0.6 is 0 Å². The van der Waals surface area contributed by atoms with E-state index in [2.05, 4.69) is 66.5 Å². The number of piperazine rings is 1. The smallest absolute Gasteiger partial charge is 0.246 e. The van der Waals surface area contributed by atoms with Gasteiger partial charge in [0.25, 0.3) is 0 Å². The molecule has 2 saturated heterocycles. The van der Waals surface area contributed by atoms with Crippen LogP contribution in [0, 0.1) is 5.92 Å². The van der Waals surface area contributed by atoms with E-state index in [-0.39, 0.29) is 11.8 Å². The van der Waals surface area contributed by atoms with Crippen molar-refractivity contribution in [1.29, 1.82) is 0 Å². The van der Waals surface area contributed by atoms with Gasteiger partial charge in [0.05, 0.1) is 0 Å². The summed E-state index contributed by atoms with van der Waals surface area (Å²) < 4.78 is 0. The zero-order valence-corrected chi connectivity index (χ0v) is 22.1. The van der Waals surface area contributed by atoms with E-state index in [9.17, 15) is 9.59 Å². The summed E-state index contributed by atoms with van der Waals surface area (Å²) in [5, 5.41) is 3.12. The lowest BCUT2D eigenvalue weighted by Gasteiger charge is -2.52. The second kappa shape index (κ2) is 12.5. The molecule has 2 aromatic rings. The van der Waals surface area contributed by atoms with Gasteiger partial charge in [0.1, 0.15) is 11.6 Å². The van der Waals surface area contributed by atoms with Gasteiger partial charge in [-0.25, -0.2) is 0 Å². The molecular weight excluding hydrogens is 446 g/mol. The lowest BCUT2D eigenvalue weighted by Crippen LogP contribution is -2.72. The van der Waals surface area contributed by atoms with Crippen molar-refractivity contribution in [2.24, 2.45) is 5.92 Å². The molecule has 2 aliphatic rings. The topological polar surface area (TPSA) is 52.7 Å². The highest BCUT2D eigenvalue weighted by atomic mass is 16.2. The summed E-state index contributed by atoms with van der Waals surface area (Å²) in [6.45, 7) is 7.52. The van der Waals surface area contributed by atoms with Crippen molar-refractivity contribution in [2.75, 3.05) is 19.6 Å². The zero-order chi connectivity index (χ0) is 25.4. The van der Waals surface area contributed by atoms with Gasteiger partial charge in [-0.15, -0.1) is 0 Å². The predicted molar refractivity (Wildman–Crippen MR) is 145 cm³/mol. The van der Waals surface area contributed by atoms with Crippen molar-refractivity contribution in [1.82, 2.24) is 15.1 Å². The molecule has 0 radical (unpaired) electrons. The molecule has 2 amide bonds. The van der Waals surface area contributed by atoms with E-state index in [1.807, 2.05) is 23.1 Å². The number of likely N-dealkylation sites (tertiary alicyclic amines) is 1. The summed E-state index contributed by atoms with van der Waals surface area (Å²) in [4.78, 5) is 31.6. The van der Waals surface area contributed by atoms with Crippen molar-refractivity contribution in [2.45, 2.75) is 83.3 Å². The molecule has 2 aromatic carbocycles. The first-order chi connectivity index (χ1) is 17.5. The van der Waals surface area contributed by atoms with Crippen molar-refractivity contribution < 1.29 is 9.59 Å². The van der Waals surface area contributed by atoms with Gasteiger partial charge in [0.2, 0.25) is 11.8 Å². The highest BCUT2D eigenvalue weighted by Crippen LogP contribution is 2.35. The Morgan fingerprint density at radius 1 is 0.861 bits per heavy atom. The maximum absolute atomic E-state index is 13.6. The number of nitrogens with zero attached hydrogens (tertiary/aromatic N) is 2. The number of piperidine rings is 1. The van der Waals surface area contributed by atoms with Crippen LogP contribution in [-0.2, 0) is 22.6 Å².